The van der Waals surface area contributed by atoms with Gasteiger partial charge in [0.25, 0.3) is 5.91 Å². The lowest BCUT2D eigenvalue weighted by Gasteiger charge is -2.40. The molecule has 4 aliphatic rings. The predicted octanol–water partition coefficient (Wildman–Crippen LogP) is 5.34. The maximum absolute atomic E-state index is 14.9. The van der Waals surface area contributed by atoms with Crippen molar-refractivity contribution in [3.63, 3.8) is 0 Å². The number of anilines is 2. The van der Waals surface area contributed by atoms with Crippen LogP contribution >= 0.6 is 23.4 Å². The summed E-state index contributed by atoms with van der Waals surface area (Å²) in [5.74, 6) is -1.37. The first kappa shape index (κ1) is 31.7. The SMILES string of the molecule is CCOc1ccc(N2CC=C[C@@]3(C)S[C@]45C=CCN(c6ccccc6Cl)C(=O)C4N([C@@H](CO)CC(C)C)C(=O)[C@@H]5[C@H]3C2=O)cc1. The Balaban J connectivity index is 1.47. The minimum absolute atomic E-state index is 0.160. The van der Waals surface area contributed by atoms with Crippen LogP contribution in [-0.2, 0) is 14.4 Å². The molecule has 0 aliphatic carbocycles. The molecule has 2 aromatic carbocycles. The van der Waals surface area contributed by atoms with Crippen LogP contribution in [-0.4, -0.2) is 75.6 Å². The van der Waals surface area contributed by atoms with Gasteiger partial charge in [0, 0.05) is 23.5 Å². The highest BCUT2D eigenvalue weighted by Crippen LogP contribution is 2.66. The molecular formula is C35H40ClN3O5S. The third kappa shape index (κ3) is 5.17. The number of aliphatic hydroxyl groups excluding tert-OH is 1. The van der Waals surface area contributed by atoms with Crippen molar-refractivity contribution in [1.29, 1.82) is 0 Å². The molecule has 45 heavy (non-hydrogen) atoms. The number of fused-ring (bicyclic) bond motifs is 2. The highest BCUT2D eigenvalue weighted by atomic mass is 35.5. The third-order valence-electron chi connectivity index (χ3n) is 9.45. The first-order valence-corrected chi connectivity index (χ1v) is 16.8. The van der Waals surface area contributed by atoms with Crippen LogP contribution in [0.25, 0.3) is 0 Å². The van der Waals surface area contributed by atoms with Crippen LogP contribution in [0, 0.1) is 17.8 Å². The molecule has 1 spiro atoms. The van der Waals surface area contributed by atoms with E-state index in [1.165, 1.54) is 11.8 Å². The van der Waals surface area contributed by atoms with Crippen molar-refractivity contribution in [3.05, 3.63) is 77.9 Å². The maximum Gasteiger partial charge on any atom is 0.251 e. The number of carbonyl (C=O) groups excluding carboxylic acids is 3. The van der Waals surface area contributed by atoms with E-state index < -0.39 is 33.4 Å². The van der Waals surface area contributed by atoms with E-state index >= 15 is 0 Å². The molecule has 6 atom stereocenters. The van der Waals surface area contributed by atoms with Gasteiger partial charge >= 0.3 is 0 Å². The number of carbonyl (C=O) groups is 3. The molecule has 4 heterocycles. The van der Waals surface area contributed by atoms with Crippen molar-refractivity contribution in [2.45, 2.75) is 55.7 Å². The van der Waals surface area contributed by atoms with Gasteiger partial charge in [0.2, 0.25) is 11.8 Å². The van der Waals surface area contributed by atoms with Gasteiger partial charge < -0.3 is 24.5 Å². The van der Waals surface area contributed by atoms with Crippen LogP contribution < -0.4 is 14.5 Å². The Morgan fingerprint density at radius 1 is 0.956 bits per heavy atom. The Bertz CT molecular complexity index is 1550. The van der Waals surface area contributed by atoms with Crippen molar-refractivity contribution in [1.82, 2.24) is 4.90 Å². The minimum Gasteiger partial charge on any atom is -0.494 e. The fraction of sp³-hybridized carbons (Fsp3) is 0.457. The number of rotatable bonds is 8. The van der Waals surface area contributed by atoms with Crippen molar-refractivity contribution in [3.8, 4) is 5.75 Å². The number of para-hydroxylation sites is 1. The van der Waals surface area contributed by atoms with Gasteiger partial charge in [-0.3, -0.25) is 14.4 Å². The van der Waals surface area contributed by atoms with E-state index in [9.17, 15) is 19.5 Å². The lowest BCUT2D eigenvalue weighted by Crippen LogP contribution is -2.57. The molecule has 2 aromatic rings. The number of nitrogens with zero attached hydrogens (tertiary/aromatic N) is 3. The number of aliphatic hydroxyl groups is 1. The highest BCUT2D eigenvalue weighted by molar-refractivity contribution is 8.02. The molecular weight excluding hydrogens is 610 g/mol. The summed E-state index contributed by atoms with van der Waals surface area (Å²) in [6, 6.07) is 13.1. The lowest BCUT2D eigenvalue weighted by molar-refractivity contribution is -0.142. The van der Waals surface area contributed by atoms with Gasteiger partial charge in [-0.15, -0.1) is 11.8 Å². The first-order chi connectivity index (χ1) is 21.6. The standard InChI is InChI=1S/C35H40ClN3O5S/c1-5-44-25-14-12-23(13-15-25)37-18-8-16-34(4)28(31(37)41)29-32(42)39(24(21-40)20-22(2)3)30-33(43)38(19-9-17-35(29,30)45-34)27-11-7-6-10-26(27)36/h6-17,22,24,28-30,40H,5,18-21H2,1-4H3/t24-,28+,29+,30?,34-,35+/m1/s1. The van der Waals surface area contributed by atoms with Gasteiger partial charge in [0.05, 0.1) is 46.5 Å². The van der Waals surface area contributed by atoms with Crippen molar-refractivity contribution in [2.24, 2.45) is 17.8 Å². The Hall–Kier alpha value is -3.27. The summed E-state index contributed by atoms with van der Waals surface area (Å²) < 4.78 is 3.83. The molecule has 238 valence electrons. The van der Waals surface area contributed by atoms with Gasteiger partial charge in [-0.05, 0) is 62.6 Å². The number of ether oxygens (including phenoxy) is 1. The van der Waals surface area contributed by atoms with Crippen molar-refractivity contribution < 1.29 is 24.2 Å². The number of likely N-dealkylation sites (tertiary alicyclic amines) is 1. The molecule has 0 saturated carbocycles. The fourth-order valence-corrected chi connectivity index (χ4v) is 10.1. The first-order valence-electron chi connectivity index (χ1n) is 15.6. The Kier molecular flexibility index (Phi) is 8.56. The van der Waals surface area contributed by atoms with Gasteiger partial charge in [-0.1, -0.05) is 61.9 Å². The average molecular weight is 650 g/mol. The van der Waals surface area contributed by atoms with E-state index in [2.05, 4.69) is 0 Å². The fourth-order valence-electron chi connectivity index (χ4n) is 7.68. The number of benzene rings is 2. The lowest BCUT2D eigenvalue weighted by atomic mass is 9.74. The van der Waals surface area contributed by atoms with Gasteiger partial charge in [-0.2, -0.15) is 0 Å². The predicted molar refractivity (Wildman–Crippen MR) is 179 cm³/mol. The topological polar surface area (TPSA) is 90.4 Å². The van der Waals surface area contributed by atoms with Crippen molar-refractivity contribution in [2.75, 3.05) is 36.1 Å². The summed E-state index contributed by atoms with van der Waals surface area (Å²) in [5.41, 5.74) is 1.28. The molecule has 1 unspecified atom stereocenters. The van der Waals surface area contributed by atoms with Crippen LogP contribution in [0.3, 0.4) is 0 Å². The summed E-state index contributed by atoms with van der Waals surface area (Å²) in [4.78, 5) is 49.4. The van der Waals surface area contributed by atoms with Gasteiger partial charge in [0.15, 0.2) is 0 Å². The maximum atomic E-state index is 14.9. The second kappa shape index (κ2) is 12.2. The van der Waals surface area contributed by atoms with E-state index in [1.54, 1.807) is 26.8 Å². The monoisotopic (exact) mass is 649 g/mol. The zero-order valence-corrected chi connectivity index (χ0v) is 27.6. The Labute approximate surface area is 274 Å². The number of amides is 3. The van der Waals surface area contributed by atoms with Crippen molar-refractivity contribution >= 4 is 52.5 Å². The third-order valence-corrected chi connectivity index (χ3v) is 11.6. The van der Waals surface area contributed by atoms with E-state index in [-0.39, 0.29) is 36.8 Å². The van der Waals surface area contributed by atoms with E-state index in [0.29, 0.717) is 41.7 Å². The van der Waals surface area contributed by atoms with E-state index in [4.69, 9.17) is 16.3 Å². The summed E-state index contributed by atoms with van der Waals surface area (Å²) in [7, 11) is 0. The summed E-state index contributed by atoms with van der Waals surface area (Å²) in [6.45, 7) is 8.88. The van der Waals surface area contributed by atoms with Crippen LogP contribution in [0.5, 0.6) is 5.75 Å². The average Bonchev–Trinajstić information content (AvgIpc) is 3.28. The second-order valence-corrected chi connectivity index (χ2v) is 15.0. The van der Waals surface area contributed by atoms with E-state index in [1.807, 2.05) is 88.4 Å². The Morgan fingerprint density at radius 3 is 2.31 bits per heavy atom. The van der Waals surface area contributed by atoms with Crippen LogP contribution in [0.1, 0.15) is 34.1 Å². The zero-order valence-electron chi connectivity index (χ0n) is 26.1. The summed E-state index contributed by atoms with van der Waals surface area (Å²) in [5, 5.41) is 11.1. The molecule has 3 amide bonds. The smallest absolute Gasteiger partial charge is 0.251 e. The number of thioether (sulfide) groups is 1. The van der Waals surface area contributed by atoms with Gasteiger partial charge in [-0.25, -0.2) is 0 Å². The largest absolute Gasteiger partial charge is 0.494 e. The molecule has 6 rings (SSSR count). The molecule has 10 heteroatoms. The molecule has 0 bridgehead atoms. The van der Waals surface area contributed by atoms with Gasteiger partial charge in [0.1, 0.15) is 11.8 Å². The van der Waals surface area contributed by atoms with Crippen LogP contribution in [0.4, 0.5) is 11.4 Å². The normalized spacial score (nSPS) is 29.9. The molecule has 2 saturated heterocycles. The number of hydrogen-bond acceptors (Lipinski definition) is 6. The zero-order chi connectivity index (χ0) is 32.1. The highest BCUT2D eigenvalue weighted by Gasteiger charge is 2.74. The van der Waals surface area contributed by atoms with Crippen LogP contribution in [0.2, 0.25) is 5.02 Å². The van der Waals surface area contributed by atoms with Crippen LogP contribution in [0.15, 0.2) is 72.8 Å². The number of halogens is 1. The molecule has 4 aliphatic heterocycles. The molecule has 0 aromatic heterocycles. The second-order valence-electron chi connectivity index (χ2n) is 12.8. The quantitative estimate of drug-likeness (QED) is 0.389. The summed E-state index contributed by atoms with van der Waals surface area (Å²) in [6.07, 6.45) is 8.48. The molecule has 2 fully saturated rings. The molecule has 8 nitrogen and oxygen atoms in total. The Morgan fingerprint density at radius 2 is 1.64 bits per heavy atom. The minimum atomic E-state index is -1.03. The molecule has 1 N–H and O–H groups in total. The van der Waals surface area contributed by atoms with E-state index in [0.717, 1.165) is 0 Å². The number of hydrogen-bond donors (Lipinski definition) is 1. The summed E-state index contributed by atoms with van der Waals surface area (Å²) >= 11 is 8.13. The molecule has 0 radical (unpaired) electrons.